The van der Waals surface area contributed by atoms with E-state index in [2.05, 4.69) is 44.2 Å². The Balaban J connectivity index is 4.13. The first-order valence-electron chi connectivity index (χ1n) is 8.31. The summed E-state index contributed by atoms with van der Waals surface area (Å²) < 4.78 is 4.67. The number of hydrogen-bond acceptors (Lipinski definition) is 3. The molecule has 3 heteroatoms. The van der Waals surface area contributed by atoms with E-state index in [1.807, 2.05) is 0 Å². The van der Waals surface area contributed by atoms with Crippen molar-refractivity contribution >= 4 is 11.8 Å². The predicted octanol–water partition coefficient (Wildman–Crippen LogP) is 5.17. The van der Waals surface area contributed by atoms with Gasteiger partial charge in [0.1, 0.15) is 11.7 Å². The third kappa shape index (κ3) is 10.7. The Hall–Kier alpha value is -1.64. The fraction of sp³-hybridized carbons (Fsp3) is 0.600. The molecule has 0 aromatic heterocycles. The van der Waals surface area contributed by atoms with Gasteiger partial charge in [0, 0.05) is 0 Å². The molecule has 130 valence electrons. The fourth-order valence-corrected chi connectivity index (χ4v) is 2.32. The van der Waals surface area contributed by atoms with Crippen molar-refractivity contribution < 1.29 is 14.3 Å². The zero-order chi connectivity index (χ0) is 17.8. The largest absolute Gasteiger partial charge is 0.468 e. The normalized spacial score (nSPS) is 12.5. The summed E-state index contributed by atoms with van der Waals surface area (Å²) in [6, 6.07) is 0. The van der Waals surface area contributed by atoms with Gasteiger partial charge in [-0.2, -0.15) is 0 Å². The van der Waals surface area contributed by atoms with Gasteiger partial charge in [-0.15, -0.1) is 0 Å². The summed E-state index contributed by atoms with van der Waals surface area (Å²) in [6.07, 6.45) is 9.72. The molecule has 0 radical (unpaired) electrons. The van der Waals surface area contributed by atoms with Crippen LogP contribution in [0.25, 0.3) is 0 Å². The molecule has 23 heavy (non-hydrogen) atoms. The molecule has 0 fully saturated rings. The highest BCUT2D eigenvalue weighted by molar-refractivity contribution is 5.97. The van der Waals surface area contributed by atoms with Crippen LogP contribution in [0, 0.1) is 5.92 Å². The van der Waals surface area contributed by atoms with Crippen LogP contribution in [0.4, 0.5) is 0 Å². The van der Waals surface area contributed by atoms with Gasteiger partial charge in [-0.3, -0.25) is 9.59 Å². The van der Waals surface area contributed by atoms with Crippen molar-refractivity contribution in [3.8, 4) is 0 Å². The highest BCUT2D eigenvalue weighted by Gasteiger charge is 2.23. The van der Waals surface area contributed by atoms with Gasteiger partial charge in [0.15, 0.2) is 0 Å². The molecule has 0 aliphatic carbocycles. The average Bonchev–Trinajstić information content (AvgIpc) is 2.46. The van der Waals surface area contributed by atoms with E-state index in [0.29, 0.717) is 12.8 Å². The number of allylic oxidation sites excluding steroid dienone is 5. The molecule has 0 amide bonds. The molecule has 0 aliphatic rings. The fourth-order valence-electron chi connectivity index (χ4n) is 2.32. The van der Waals surface area contributed by atoms with E-state index in [4.69, 9.17) is 0 Å². The number of carbonyl (C=O) groups excluding carboxylic acids is 2. The molecular weight excluding hydrogens is 288 g/mol. The molecular formula is C20H32O3. The lowest BCUT2D eigenvalue weighted by molar-refractivity contribution is -0.149. The minimum absolute atomic E-state index is 0.139. The minimum atomic E-state index is -0.655. The lowest BCUT2D eigenvalue weighted by atomic mass is 9.95. The number of methoxy groups -OCH3 is 1. The summed E-state index contributed by atoms with van der Waals surface area (Å²) >= 11 is 0. The molecule has 0 spiro atoms. The summed E-state index contributed by atoms with van der Waals surface area (Å²) in [6.45, 7) is 11.9. The maximum absolute atomic E-state index is 11.5. The minimum Gasteiger partial charge on any atom is -0.468 e. The van der Waals surface area contributed by atoms with Gasteiger partial charge in [-0.25, -0.2) is 0 Å². The van der Waals surface area contributed by atoms with Crippen molar-refractivity contribution in [2.75, 3.05) is 7.11 Å². The quantitative estimate of drug-likeness (QED) is 0.299. The number of hydrogen-bond donors (Lipinski definition) is 0. The maximum atomic E-state index is 11.5. The van der Waals surface area contributed by atoms with Gasteiger partial charge >= 0.3 is 5.97 Å². The molecule has 0 bridgehead atoms. The molecule has 1 atom stereocenters. The SMILES string of the molecule is C=C(CCC=C(C)CCC=C(C)C)CCC(C(C)=O)C(=O)OC. The van der Waals surface area contributed by atoms with E-state index in [1.54, 1.807) is 0 Å². The number of ether oxygens (including phenoxy) is 1. The second-order valence-electron chi connectivity index (χ2n) is 6.38. The Bertz CT molecular complexity index is 465. The van der Waals surface area contributed by atoms with Crippen molar-refractivity contribution in [1.29, 1.82) is 0 Å². The average molecular weight is 320 g/mol. The second kappa shape index (κ2) is 11.9. The molecule has 1 unspecified atom stereocenters. The van der Waals surface area contributed by atoms with Crippen molar-refractivity contribution in [1.82, 2.24) is 0 Å². The van der Waals surface area contributed by atoms with E-state index >= 15 is 0 Å². The first kappa shape index (κ1) is 21.4. The van der Waals surface area contributed by atoms with E-state index in [-0.39, 0.29) is 5.78 Å². The van der Waals surface area contributed by atoms with Crippen LogP contribution in [-0.2, 0) is 14.3 Å². The monoisotopic (exact) mass is 320 g/mol. The summed E-state index contributed by atoms with van der Waals surface area (Å²) in [4.78, 5) is 23.0. The molecule has 0 aliphatic heterocycles. The van der Waals surface area contributed by atoms with E-state index < -0.39 is 11.9 Å². The molecule has 0 rings (SSSR count). The summed E-state index contributed by atoms with van der Waals surface area (Å²) in [7, 11) is 1.32. The molecule has 0 saturated heterocycles. The Kier molecular flexibility index (Phi) is 11.0. The molecule has 3 nitrogen and oxygen atoms in total. The topological polar surface area (TPSA) is 43.4 Å². The smallest absolute Gasteiger partial charge is 0.316 e. The second-order valence-corrected chi connectivity index (χ2v) is 6.38. The number of carbonyl (C=O) groups is 2. The van der Waals surface area contributed by atoms with Gasteiger partial charge in [0.25, 0.3) is 0 Å². The van der Waals surface area contributed by atoms with Crippen molar-refractivity contribution in [3.63, 3.8) is 0 Å². The first-order chi connectivity index (χ1) is 10.8. The molecule has 0 aromatic carbocycles. The van der Waals surface area contributed by atoms with Gasteiger partial charge in [-0.1, -0.05) is 35.5 Å². The van der Waals surface area contributed by atoms with Gasteiger partial charge in [-0.05, 0) is 66.2 Å². The molecule has 0 N–H and O–H groups in total. The van der Waals surface area contributed by atoms with E-state index in [9.17, 15) is 9.59 Å². The van der Waals surface area contributed by atoms with Crippen molar-refractivity contribution in [2.45, 2.75) is 66.2 Å². The van der Waals surface area contributed by atoms with Crippen LogP contribution >= 0.6 is 0 Å². The Labute approximate surface area is 141 Å². The van der Waals surface area contributed by atoms with Crippen LogP contribution in [0.1, 0.15) is 66.2 Å². The Morgan fingerprint density at radius 3 is 2.13 bits per heavy atom. The summed E-state index contributed by atoms with van der Waals surface area (Å²) in [5, 5.41) is 0. The zero-order valence-electron chi connectivity index (χ0n) is 15.4. The zero-order valence-corrected chi connectivity index (χ0v) is 15.4. The molecule has 0 heterocycles. The van der Waals surface area contributed by atoms with Crippen LogP contribution in [0.5, 0.6) is 0 Å². The summed E-state index contributed by atoms with van der Waals surface area (Å²) in [5.74, 6) is -1.24. The lowest BCUT2D eigenvalue weighted by Crippen LogP contribution is -2.23. The van der Waals surface area contributed by atoms with Crippen LogP contribution in [0.2, 0.25) is 0 Å². The highest BCUT2D eigenvalue weighted by atomic mass is 16.5. The van der Waals surface area contributed by atoms with Gasteiger partial charge in [0.2, 0.25) is 0 Å². The first-order valence-corrected chi connectivity index (χ1v) is 8.31. The van der Waals surface area contributed by atoms with Crippen LogP contribution < -0.4 is 0 Å². The standard InChI is InChI=1S/C20H32O3/c1-15(2)9-7-10-16(3)11-8-12-17(4)13-14-19(18(5)21)20(22)23-6/h9,11,19H,4,7-8,10,12-14H2,1-3,5-6H3. The number of ketones is 1. The van der Waals surface area contributed by atoms with Crippen LogP contribution in [-0.4, -0.2) is 18.9 Å². The Morgan fingerprint density at radius 2 is 1.61 bits per heavy atom. The van der Waals surface area contributed by atoms with Crippen LogP contribution in [0.15, 0.2) is 35.5 Å². The predicted molar refractivity (Wildman–Crippen MR) is 96.2 cm³/mol. The summed E-state index contributed by atoms with van der Waals surface area (Å²) in [5.41, 5.74) is 3.83. The van der Waals surface area contributed by atoms with E-state index in [0.717, 1.165) is 31.3 Å². The lowest BCUT2D eigenvalue weighted by Gasteiger charge is -2.12. The Morgan fingerprint density at radius 1 is 1.00 bits per heavy atom. The van der Waals surface area contributed by atoms with Gasteiger partial charge in [0.05, 0.1) is 7.11 Å². The van der Waals surface area contributed by atoms with Crippen molar-refractivity contribution in [3.05, 3.63) is 35.5 Å². The van der Waals surface area contributed by atoms with Crippen LogP contribution in [0.3, 0.4) is 0 Å². The highest BCUT2D eigenvalue weighted by Crippen LogP contribution is 2.18. The third-order valence-electron chi connectivity index (χ3n) is 3.84. The third-order valence-corrected chi connectivity index (χ3v) is 3.84. The van der Waals surface area contributed by atoms with Gasteiger partial charge < -0.3 is 4.74 Å². The maximum Gasteiger partial charge on any atom is 0.316 e. The number of rotatable bonds is 11. The molecule has 0 aromatic rings. The van der Waals surface area contributed by atoms with Crippen molar-refractivity contribution in [2.24, 2.45) is 5.92 Å². The number of Topliss-reactive ketones (excluding diaryl/α,β-unsaturated/α-hetero) is 1. The van der Waals surface area contributed by atoms with E-state index in [1.165, 1.54) is 25.2 Å². The molecule has 0 saturated carbocycles. The number of esters is 1.